The number of phenols is 1. The molecule has 0 aromatic heterocycles. The highest BCUT2D eigenvalue weighted by molar-refractivity contribution is 7.89. The minimum Gasteiger partial charge on any atom is -0.506 e. The normalized spacial score (nSPS) is 18.8. The van der Waals surface area contributed by atoms with Crippen LogP contribution in [0.1, 0.15) is 12.5 Å². The molecule has 158 valence electrons. The molecule has 1 fully saturated rings. The Labute approximate surface area is 170 Å². The molecule has 2 aromatic rings. The summed E-state index contributed by atoms with van der Waals surface area (Å²) in [6.07, 6.45) is -4.74. The second-order valence-electron chi connectivity index (χ2n) is 6.68. The minimum absolute atomic E-state index is 0.00982. The highest BCUT2D eigenvalue weighted by Gasteiger charge is 2.39. The van der Waals surface area contributed by atoms with Crippen LogP contribution in [0.25, 0.3) is 0 Å². The molecule has 29 heavy (non-hydrogen) atoms. The Morgan fingerprint density at radius 2 is 1.83 bits per heavy atom. The molecule has 1 heterocycles. The standard InChI is InChI=1S/C18H17ClF4N2O3S/c1-11-10-24(16-4-2-12(20)8-14(16)18(21,22)23)6-7-25(11)29(27,28)13-3-5-17(26)15(19)9-13/h2-5,8-9,11,26H,6-7,10H2,1H3/t11-/m1/s1. The summed E-state index contributed by atoms with van der Waals surface area (Å²) in [4.78, 5) is 1.27. The van der Waals surface area contributed by atoms with Crippen molar-refractivity contribution in [2.75, 3.05) is 24.5 Å². The fraction of sp³-hybridized carbons (Fsp3) is 0.333. The van der Waals surface area contributed by atoms with Crippen LogP contribution in [0, 0.1) is 5.82 Å². The van der Waals surface area contributed by atoms with Gasteiger partial charge in [-0.1, -0.05) is 11.6 Å². The maximum atomic E-state index is 13.4. The topological polar surface area (TPSA) is 60.9 Å². The van der Waals surface area contributed by atoms with Gasteiger partial charge in [-0.3, -0.25) is 0 Å². The Morgan fingerprint density at radius 1 is 1.14 bits per heavy atom. The van der Waals surface area contributed by atoms with Gasteiger partial charge in [-0.25, -0.2) is 12.8 Å². The summed E-state index contributed by atoms with van der Waals surface area (Å²) in [7, 11) is -3.97. The predicted molar refractivity (Wildman–Crippen MR) is 100 cm³/mol. The van der Waals surface area contributed by atoms with E-state index in [1.165, 1.54) is 15.3 Å². The van der Waals surface area contributed by atoms with Crippen LogP contribution in [-0.2, 0) is 16.2 Å². The SMILES string of the molecule is C[C@@H]1CN(c2ccc(F)cc2C(F)(F)F)CCN1S(=O)(=O)c1ccc(O)c(Cl)c1. The van der Waals surface area contributed by atoms with Crippen LogP contribution in [0.3, 0.4) is 0 Å². The van der Waals surface area contributed by atoms with E-state index in [1.807, 2.05) is 0 Å². The zero-order valence-electron chi connectivity index (χ0n) is 15.1. The van der Waals surface area contributed by atoms with Gasteiger partial charge in [0.15, 0.2) is 0 Å². The smallest absolute Gasteiger partial charge is 0.418 e. The van der Waals surface area contributed by atoms with Crippen molar-refractivity contribution in [3.8, 4) is 5.75 Å². The van der Waals surface area contributed by atoms with Gasteiger partial charge in [-0.05, 0) is 43.3 Å². The van der Waals surface area contributed by atoms with Crippen LogP contribution in [0.4, 0.5) is 23.2 Å². The average Bonchev–Trinajstić information content (AvgIpc) is 2.62. The third-order valence-corrected chi connectivity index (χ3v) is 7.01. The molecule has 0 aliphatic carbocycles. The Morgan fingerprint density at radius 3 is 2.41 bits per heavy atom. The molecule has 1 aliphatic rings. The van der Waals surface area contributed by atoms with Crippen LogP contribution < -0.4 is 4.90 Å². The molecule has 3 rings (SSSR count). The summed E-state index contributed by atoms with van der Waals surface area (Å²) in [6.45, 7) is 1.48. The minimum atomic E-state index is -4.74. The average molecular weight is 453 g/mol. The van der Waals surface area contributed by atoms with E-state index in [0.717, 1.165) is 24.3 Å². The Balaban J connectivity index is 1.87. The van der Waals surface area contributed by atoms with Crippen molar-refractivity contribution in [1.29, 1.82) is 0 Å². The van der Waals surface area contributed by atoms with E-state index < -0.39 is 33.6 Å². The van der Waals surface area contributed by atoms with Crippen molar-refractivity contribution in [1.82, 2.24) is 4.31 Å². The van der Waals surface area contributed by atoms with E-state index in [-0.39, 0.29) is 41.0 Å². The van der Waals surface area contributed by atoms with Crippen molar-refractivity contribution in [2.45, 2.75) is 24.0 Å². The molecule has 11 heteroatoms. The number of sulfonamides is 1. The van der Waals surface area contributed by atoms with Crippen LogP contribution in [0.2, 0.25) is 5.02 Å². The molecule has 0 radical (unpaired) electrons. The summed E-state index contributed by atoms with van der Waals surface area (Å²) < 4.78 is 80.3. The molecule has 2 aromatic carbocycles. The third kappa shape index (κ3) is 4.29. The summed E-state index contributed by atoms with van der Waals surface area (Å²) >= 11 is 5.79. The number of aromatic hydroxyl groups is 1. The lowest BCUT2D eigenvalue weighted by Crippen LogP contribution is -2.54. The molecule has 0 bridgehead atoms. The summed E-state index contributed by atoms with van der Waals surface area (Å²) in [5.74, 6) is -1.26. The van der Waals surface area contributed by atoms with Crippen LogP contribution in [0.15, 0.2) is 41.3 Å². The van der Waals surface area contributed by atoms with Crippen molar-refractivity contribution in [3.63, 3.8) is 0 Å². The number of hydrogen-bond donors (Lipinski definition) is 1. The Hall–Kier alpha value is -2.04. The van der Waals surface area contributed by atoms with Gasteiger partial charge in [-0.15, -0.1) is 0 Å². The lowest BCUT2D eigenvalue weighted by Gasteiger charge is -2.40. The maximum absolute atomic E-state index is 13.4. The molecule has 0 spiro atoms. The molecule has 1 aliphatic heterocycles. The van der Waals surface area contributed by atoms with Crippen LogP contribution in [0.5, 0.6) is 5.75 Å². The predicted octanol–water partition coefficient (Wildman–Crippen LogP) is 4.10. The van der Waals surface area contributed by atoms with E-state index in [0.29, 0.717) is 6.07 Å². The number of anilines is 1. The fourth-order valence-corrected chi connectivity index (χ4v) is 5.20. The molecule has 1 saturated heterocycles. The molecular weight excluding hydrogens is 436 g/mol. The summed E-state index contributed by atoms with van der Waals surface area (Å²) in [5, 5.41) is 9.35. The maximum Gasteiger partial charge on any atom is 0.418 e. The number of rotatable bonds is 3. The molecule has 0 saturated carbocycles. The van der Waals surface area contributed by atoms with Crippen molar-refractivity contribution in [2.24, 2.45) is 0 Å². The molecule has 0 amide bonds. The highest BCUT2D eigenvalue weighted by Crippen LogP contribution is 2.38. The van der Waals surface area contributed by atoms with E-state index >= 15 is 0 Å². The Kier molecular flexibility index (Phi) is 5.72. The molecule has 5 nitrogen and oxygen atoms in total. The molecular formula is C18H17ClF4N2O3S. The van der Waals surface area contributed by atoms with Crippen LogP contribution in [-0.4, -0.2) is 43.5 Å². The number of alkyl halides is 3. The number of phenolic OH excluding ortho intramolecular Hbond substituents is 1. The molecule has 1 atom stereocenters. The molecule has 0 unspecified atom stereocenters. The monoisotopic (exact) mass is 452 g/mol. The van der Waals surface area contributed by atoms with Crippen LogP contribution >= 0.6 is 11.6 Å². The second kappa shape index (κ2) is 7.66. The van der Waals surface area contributed by atoms with E-state index in [2.05, 4.69) is 0 Å². The first-order chi connectivity index (χ1) is 13.4. The fourth-order valence-electron chi connectivity index (χ4n) is 3.31. The second-order valence-corrected chi connectivity index (χ2v) is 8.98. The summed E-state index contributed by atoms with van der Waals surface area (Å²) in [6, 6.07) is 5.24. The molecule has 1 N–H and O–H groups in total. The van der Waals surface area contributed by atoms with Gasteiger partial charge in [0.05, 0.1) is 15.5 Å². The van der Waals surface area contributed by atoms with Gasteiger partial charge in [0.25, 0.3) is 0 Å². The van der Waals surface area contributed by atoms with Crippen molar-refractivity contribution < 1.29 is 31.1 Å². The first-order valence-corrected chi connectivity index (χ1v) is 10.3. The van der Waals surface area contributed by atoms with Gasteiger partial charge >= 0.3 is 6.18 Å². The van der Waals surface area contributed by atoms with Gasteiger partial charge < -0.3 is 10.0 Å². The van der Waals surface area contributed by atoms with Gasteiger partial charge in [0, 0.05) is 31.4 Å². The highest BCUT2D eigenvalue weighted by atomic mass is 35.5. The number of nitrogens with zero attached hydrogens (tertiary/aromatic N) is 2. The third-order valence-electron chi connectivity index (χ3n) is 4.70. The van der Waals surface area contributed by atoms with E-state index in [1.54, 1.807) is 6.92 Å². The lowest BCUT2D eigenvalue weighted by molar-refractivity contribution is -0.137. The van der Waals surface area contributed by atoms with Crippen molar-refractivity contribution in [3.05, 3.63) is 52.8 Å². The van der Waals surface area contributed by atoms with E-state index in [4.69, 9.17) is 11.6 Å². The Bertz CT molecular complexity index is 1030. The van der Waals surface area contributed by atoms with Gasteiger partial charge in [-0.2, -0.15) is 17.5 Å². The summed E-state index contributed by atoms with van der Waals surface area (Å²) in [5.41, 5.74) is -1.30. The number of halogens is 5. The van der Waals surface area contributed by atoms with Gasteiger partial charge in [0.2, 0.25) is 10.0 Å². The largest absolute Gasteiger partial charge is 0.506 e. The zero-order chi connectivity index (χ0) is 21.6. The first kappa shape index (κ1) is 21.7. The first-order valence-electron chi connectivity index (χ1n) is 8.53. The van der Waals surface area contributed by atoms with Crippen molar-refractivity contribution >= 4 is 27.3 Å². The number of piperazine rings is 1. The number of benzene rings is 2. The lowest BCUT2D eigenvalue weighted by atomic mass is 10.1. The number of hydrogen-bond acceptors (Lipinski definition) is 4. The zero-order valence-corrected chi connectivity index (χ0v) is 16.7. The van der Waals surface area contributed by atoms with Gasteiger partial charge in [0.1, 0.15) is 11.6 Å². The van der Waals surface area contributed by atoms with E-state index in [9.17, 15) is 31.1 Å². The quantitative estimate of drug-likeness (QED) is 0.712.